The van der Waals surface area contributed by atoms with E-state index in [0.717, 1.165) is 6.42 Å². The predicted octanol–water partition coefficient (Wildman–Crippen LogP) is 0.0987. The number of hydrogen-bond acceptors (Lipinski definition) is 3. The summed E-state index contributed by atoms with van der Waals surface area (Å²) in [6.07, 6.45) is 1.34. The molecule has 0 aliphatic carbocycles. The molecule has 3 amide bonds. The monoisotopic (exact) mass is 266 g/mol. The molecule has 6 N–H and O–H groups in total. The molecule has 0 radical (unpaired) electrons. The van der Waals surface area contributed by atoms with E-state index >= 15 is 0 Å². The van der Waals surface area contributed by atoms with Crippen molar-refractivity contribution in [3.8, 4) is 0 Å². The number of primary amides is 1. The van der Waals surface area contributed by atoms with Crippen LogP contribution in [0, 0.1) is 0 Å². The summed E-state index contributed by atoms with van der Waals surface area (Å²) >= 11 is 0. The Kier molecular flexibility index (Phi) is 8.79. The molecule has 0 spiro atoms. The second-order valence-corrected chi connectivity index (χ2v) is 4.56. The Morgan fingerprint density at radius 2 is 1.88 bits per heavy atom. The van der Waals surface area contributed by atoms with E-state index in [9.17, 15) is 9.59 Å². The molecule has 0 heterocycles. The molecule has 0 saturated heterocycles. The Bertz CT molecular complexity index is 253. The van der Waals surface area contributed by atoms with Crippen LogP contribution in [0.15, 0.2) is 0 Å². The standard InChI is InChI=1S/C10H22N4O2.ClH/c1-4-5-7(14-9(11)16)8(15)13-6-10(2,3)12;/h7H,4-6,12H2,1-3H3,(H,13,15)(H3,11,14,16);1H/t7-;/m1./s1. The lowest BCUT2D eigenvalue weighted by Gasteiger charge is -2.22. The second-order valence-electron chi connectivity index (χ2n) is 4.56. The third-order valence-electron chi connectivity index (χ3n) is 1.93. The molecule has 0 saturated carbocycles. The van der Waals surface area contributed by atoms with E-state index in [1.54, 1.807) is 0 Å². The van der Waals surface area contributed by atoms with E-state index in [1.165, 1.54) is 0 Å². The summed E-state index contributed by atoms with van der Waals surface area (Å²) in [5.74, 6) is -0.251. The maximum Gasteiger partial charge on any atom is 0.312 e. The average Bonchev–Trinajstić information content (AvgIpc) is 2.11. The van der Waals surface area contributed by atoms with Crippen LogP contribution in [0.3, 0.4) is 0 Å². The molecule has 0 aromatic heterocycles. The van der Waals surface area contributed by atoms with Gasteiger partial charge in [0.1, 0.15) is 6.04 Å². The van der Waals surface area contributed by atoms with Crippen molar-refractivity contribution in [2.24, 2.45) is 11.5 Å². The lowest BCUT2D eigenvalue weighted by atomic mass is 10.1. The Morgan fingerprint density at radius 1 is 1.35 bits per heavy atom. The van der Waals surface area contributed by atoms with Gasteiger partial charge in [0.15, 0.2) is 0 Å². The zero-order chi connectivity index (χ0) is 12.8. The Morgan fingerprint density at radius 3 is 2.24 bits per heavy atom. The molecule has 6 nitrogen and oxygen atoms in total. The van der Waals surface area contributed by atoms with Crippen LogP contribution in [0.5, 0.6) is 0 Å². The van der Waals surface area contributed by atoms with Crippen LogP contribution in [0.2, 0.25) is 0 Å². The van der Waals surface area contributed by atoms with Gasteiger partial charge in [0, 0.05) is 12.1 Å². The number of halogens is 1. The van der Waals surface area contributed by atoms with Crippen molar-refractivity contribution in [1.82, 2.24) is 10.6 Å². The van der Waals surface area contributed by atoms with Crippen molar-refractivity contribution in [2.45, 2.75) is 45.2 Å². The molecular formula is C10H23ClN4O2. The normalized spacial score (nSPS) is 12.2. The molecule has 0 aliphatic heterocycles. The molecular weight excluding hydrogens is 244 g/mol. The number of nitrogens with one attached hydrogen (secondary N) is 2. The number of nitrogens with two attached hydrogens (primary N) is 2. The topological polar surface area (TPSA) is 110 Å². The minimum atomic E-state index is -0.694. The third kappa shape index (κ3) is 9.89. The van der Waals surface area contributed by atoms with Gasteiger partial charge in [-0.05, 0) is 20.3 Å². The molecule has 102 valence electrons. The van der Waals surface area contributed by atoms with Gasteiger partial charge in [-0.1, -0.05) is 13.3 Å². The molecule has 17 heavy (non-hydrogen) atoms. The fraction of sp³-hybridized carbons (Fsp3) is 0.800. The van der Waals surface area contributed by atoms with Crippen LogP contribution in [-0.4, -0.2) is 30.1 Å². The van der Waals surface area contributed by atoms with Crippen LogP contribution >= 0.6 is 12.4 Å². The lowest BCUT2D eigenvalue weighted by molar-refractivity contribution is -0.123. The number of urea groups is 1. The maximum atomic E-state index is 11.7. The summed E-state index contributed by atoms with van der Waals surface area (Å²) in [6, 6.07) is -1.27. The number of carbonyl (C=O) groups excluding carboxylic acids is 2. The molecule has 0 fully saturated rings. The summed E-state index contributed by atoms with van der Waals surface area (Å²) in [6.45, 7) is 5.90. The van der Waals surface area contributed by atoms with Gasteiger partial charge >= 0.3 is 6.03 Å². The van der Waals surface area contributed by atoms with Crippen molar-refractivity contribution >= 4 is 24.3 Å². The van der Waals surface area contributed by atoms with Crippen molar-refractivity contribution in [3.05, 3.63) is 0 Å². The first-order valence-corrected chi connectivity index (χ1v) is 5.39. The van der Waals surface area contributed by atoms with Gasteiger partial charge < -0.3 is 22.1 Å². The Hall–Kier alpha value is -1.01. The van der Waals surface area contributed by atoms with Gasteiger partial charge in [0.2, 0.25) is 5.91 Å². The van der Waals surface area contributed by atoms with Gasteiger partial charge in [-0.15, -0.1) is 12.4 Å². The van der Waals surface area contributed by atoms with Gasteiger partial charge in [0.05, 0.1) is 0 Å². The molecule has 0 aromatic rings. The van der Waals surface area contributed by atoms with Gasteiger partial charge in [0.25, 0.3) is 0 Å². The smallest absolute Gasteiger partial charge is 0.312 e. The highest BCUT2D eigenvalue weighted by Gasteiger charge is 2.20. The minimum Gasteiger partial charge on any atom is -0.352 e. The first kappa shape index (κ1) is 18.4. The number of rotatable bonds is 6. The molecule has 0 unspecified atom stereocenters. The molecule has 0 aliphatic rings. The quantitative estimate of drug-likeness (QED) is 0.547. The number of amides is 3. The first-order valence-electron chi connectivity index (χ1n) is 5.39. The van der Waals surface area contributed by atoms with Crippen LogP contribution in [0.4, 0.5) is 4.79 Å². The van der Waals surface area contributed by atoms with E-state index in [4.69, 9.17) is 11.5 Å². The summed E-state index contributed by atoms with van der Waals surface area (Å²) in [4.78, 5) is 22.4. The van der Waals surface area contributed by atoms with Crippen molar-refractivity contribution < 1.29 is 9.59 Å². The highest BCUT2D eigenvalue weighted by molar-refractivity contribution is 5.86. The van der Waals surface area contributed by atoms with Crippen molar-refractivity contribution in [2.75, 3.05) is 6.54 Å². The van der Waals surface area contributed by atoms with Crippen LogP contribution < -0.4 is 22.1 Å². The highest BCUT2D eigenvalue weighted by atomic mass is 35.5. The molecule has 0 bridgehead atoms. The van der Waals surface area contributed by atoms with Gasteiger partial charge in [-0.3, -0.25) is 4.79 Å². The zero-order valence-corrected chi connectivity index (χ0v) is 11.4. The van der Waals surface area contributed by atoms with Gasteiger partial charge in [-0.25, -0.2) is 4.79 Å². The van der Waals surface area contributed by atoms with Crippen LogP contribution in [0.1, 0.15) is 33.6 Å². The van der Waals surface area contributed by atoms with Crippen molar-refractivity contribution in [1.29, 1.82) is 0 Å². The number of hydrogen-bond donors (Lipinski definition) is 4. The third-order valence-corrected chi connectivity index (χ3v) is 1.93. The first-order chi connectivity index (χ1) is 7.26. The summed E-state index contributed by atoms with van der Waals surface area (Å²) in [5.41, 5.74) is 10.2. The summed E-state index contributed by atoms with van der Waals surface area (Å²) in [7, 11) is 0. The Balaban J connectivity index is 0. The van der Waals surface area contributed by atoms with Crippen molar-refractivity contribution in [3.63, 3.8) is 0 Å². The highest BCUT2D eigenvalue weighted by Crippen LogP contribution is 1.98. The SMILES string of the molecule is CCC[C@@H](NC(N)=O)C(=O)NCC(C)(C)N.Cl. The maximum absolute atomic E-state index is 11.7. The molecule has 0 aromatic carbocycles. The summed E-state index contributed by atoms with van der Waals surface area (Å²) in [5, 5.41) is 5.08. The molecule has 7 heteroatoms. The molecule has 1 atom stereocenters. The van der Waals surface area contributed by atoms with Gasteiger partial charge in [-0.2, -0.15) is 0 Å². The summed E-state index contributed by atoms with van der Waals surface area (Å²) < 4.78 is 0. The van der Waals surface area contributed by atoms with E-state index in [2.05, 4.69) is 10.6 Å². The van der Waals surface area contributed by atoms with E-state index in [0.29, 0.717) is 13.0 Å². The largest absolute Gasteiger partial charge is 0.352 e. The minimum absolute atomic E-state index is 0. The van der Waals surface area contributed by atoms with E-state index in [-0.39, 0.29) is 18.3 Å². The molecule has 0 rings (SSSR count). The average molecular weight is 267 g/mol. The van der Waals surface area contributed by atoms with Crippen LogP contribution in [0.25, 0.3) is 0 Å². The van der Waals surface area contributed by atoms with E-state index < -0.39 is 17.6 Å². The fourth-order valence-electron chi connectivity index (χ4n) is 1.17. The lowest BCUT2D eigenvalue weighted by Crippen LogP contribution is -2.52. The Labute approximate surface area is 108 Å². The fourth-order valence-corrected chi connectivity index (χ4v) is 1.17. The zero-order valence-electron chi connectivity index (χ0n) is 10.6. The van der Waals surface area contributed by atoms with E-state index in [1.807, 2.05) is 20.8 Å². The second kappa shape index (κ2) is 8.14. The van der Waals surface area contributed by atoms with Crippen LogP contribution in [-0.2, 0) is 4.79 Å². The number of carbonyl (C=O) groups is 2. The predicted molar refractivity (Wildman–Crippen MR) is 69.9 cm³/mol.